The number of fused-ring (bicyclic) bond motifs is 2. The fourth-order valence-corrected chi connectivity index (χ4v) is 2.44. The number of hydrogen-bond acceptors (Lipinski definition) is 2. The molecular formula is C16H11N3. The van der Waals surface area contributed by atoms with E-state index >= 15 is 0 Å². The third-order valence-electron chi connectivity index (χ3n) is 3.42. The molecule has 3 aromatic carbocycles. The van der Waals surface area contributed by atoms with E-state index in [4.69, 9.17) is 0 Å². The molecular weight excluding hydrogens is 234 g/mol. The number of rotatable bonds is 1. The van der Waals surface area contributed by atoms with Crippen LogP contribution in [-0.4, -0.2) is 15.4 Å². The molecule has 0 bridgehead atoms. The Balaban J connectivity index is 2.00. The zero-order valence-electron chi connectivity index (χ0n) is 10.2. The van der Waals surface area contributed by atoms with E-state index in [1.807, 2.05) is 0 Å². The van der Waals surface area contributed by atoms with Crippen molar-refractivity contribution in [2.45, 2.75) is 0 Å². The number of nitrogens with one attached hydrogen (secondary N) is 1. The van der Waals surface area contributed by atoms with Gasteiger partial charge in [0.1, 0.15) is 5.69 Å². The van der Waals surface area contributed by atoms with Crippen LogP contribution in [0.5, 0.6) is 0 Å². The van der Waals surface area contributed by atoms with E-state index in [1.54, 1.807) is 6.20 Å². The molecule has 4 aromatic rings. The lowest BCUT2D eigenvalue weighted by molar-refractivity contribution is 0.942. The lowest BCUT2D eigenvalue weighted by Gasteiger charge is -2.04. The van der Waals surface area contributed by atoms with E-state index in [-0.39, 0.29) is 0 Å². The summed E-state index contributed by atoms with van der Waals surface area (Å²) >= 11 is 0. The Morgan fingerprint density at radius 2 is 1.47 bits per heavy atom. The maximum atomic E-state index is 4.12. The van der Waals surface area contributed by atoms with Gasteiger partial charge in [-0.1, -0.05) is 36.4 Å². The Bertz CT molecular complexity index is 864. The van der Waals surface area contributed by atoms with Crippen molar-refractivity contribution in [3.63, 3.8) is 0 Å². The smallest absolute Gasteiger partial charge is 0.112 e. The summed E-state index contributed by atoms with van der Waals surface area (Å²) in [5.74, 6) is 0. The Morgan fingerprint density at radius 3 is 2.21 bits per heavy atom. The predicted octanol–water partition coefficient (Wildman–Crippen LogP) is 3.78. The molecule has 19 heavy (non-hydrogen) atoms. The number of hydrogen-bond donors (Lipinski definition) is 1. The van der Waals surface area contributed by atoms with Gasteiger partial charge in [0.15, 0.2) is 0 Å². The monoisotopic (exact) mass is 245 g/mol. The van der Waals surface area contributed by atoms with Crippen LogP contribution in [0.2, 0.25) is 0 Å². The molecule has 0 aliphatic rings. The fraction of sp³-hybridized carbons (Fsp3) is 0. The van der Waals surface area contributed by atoms with E-state index in [0.717, 1.165) is 11.3 Å². The van der Waals surface area contributed by atoms with Gasteiger partial charge in [-0.2, -0.15) is 15.4 Å². The molecule has 0 amide bonds. The van der Waals surface area contributed by atoms with Gasteiger partial charge in [0.25, 0.3) is 0 Å². The standard InChI is InChI=1S/C16H11N3/c1-2-4-12-8-15-9-14(16-10-17-19-18-16)6-5-13(15)7-11(12)3-1/h1-10H,(H,17,18,19). The topological polar surface area (TPSA) is 41.6 Å². The van der Waals surface area contributed by atoms with Crippen LogP contribution >= 0.6 is 0 Å². The molecule has 0 aliphatic carbocycles. The van der Waals surface area contributed by atoms with Gasteiger partial charge in [-0.05, 0) is 39.7 Å². The van der Waals surface area contributed by atoms with Crippen LogP contribution in [0.3, 0.4) is 0 Å². The van der Waals surface area contributed by atoms with Crippen molar-refractivity contribution in [2.75, 3.05) is 0 Å². The number of nitrogens with zero attached hydrogens (tertiary/aromatic N) is 2. The number of H-pyrrole nitrogens is 1. The lowest BCUT2D eigenvalue weighted by Crippen LogP contribution is -1.80. The number of aromatic nitrogens is 3. The SMILES string of the molecule is c1ccc2cc3cc(-c4cn[nH]n4)ccc3cc2c1. The summed E-state index contributed by atoms with van der Waals surface area (Å²) in [5, 5.41) is 15.6. The molecule has 0 unspecified atom stereocenters. The Morgan fingerprint density at radius 1 is 0.737 bits per heavy atom. The van der Waals surface area contributed by atoms with Crippen LogP contribution in [-0.2, 0) is 0 Å². The highest BCUT2D eigenvalue weighted by molar-refractivity contribution is 5.99. The van der Waals surface area contributed by atoms with Crippen molar-refractivity contribution in [1.29, 1.82) is 0 Å². The van der Waals surface area contributed by atoms with E-state index in [2.05, 4.69) is 70.0 Å². The second-order valence-electron chi connectivity index (χ2n) is 4.62. The molecule has 0 fully saturated rings. The first kappa shape index (κ1) is 10.3. The van der Waals surface area contributed by atoms with Crippen LogP contribution in [0.15, 0.2) is 60.8 Å². The molecule has 1 aromatic heterocycles. The Hall–Kier alpha value is -2.68. The van der Waals surface area contributed by atoms with Gasteiger partial charge >= 0.3 is 0 Å². The van der Waals surface area contributed by atoms with Gasteiger partial charge in [0, 0.05) is 5.56 Å². The molecule has 4 rings (SSSR count). The first-order chi connectivity index (χ1) is 9.40. The molecule has 1 N–H and O–H groups in total. The lowest BCUT2D eigenvalue weighted by atomic mass is 10.0. The largest absolute Gasteiger partial charge is 0.197 e. The van der Waals surface area contributed by atoms with Crippen molar-refractivity contribution in [1.82, 2.24) is 15.4 Å². The highest BCUT2D eigenvalue weighted by atomic mass is 15.3. The third-order valence-corrected chi connectivity index (χ3v) is 3.42. The van der Waals surface area contributed by atoms with Crippen molar-refractivity contribution in [2.24, 2.45) is 0 Å². The summed E-state index contributed by atoms with van der Waals surface area (Å²) in [5.41, 5.74) is 1.95. The summed E-state index contributed by atoms with van der Waals surface area (Å²) in [6.45, 7) is 0. The molecule has 0 atom stereocenters. The molecule has 0 saturated carbocycles. The van der Waals surface area contributed by atoms with Crippen LogP contribution in [0.25, 0.3) is 32.8 Å². The van der Waals surface area contributed by atoms with Crippen molar-refractivity contribution in [3.8, 4) is 11.3 Å². The van der Waals surface area contributed by atoms with Gasteiger partial charge in [-0.15, -0.1) is 0 Å². The molecule has 0 aliphatic heterocycles. The zero-order chi connectivity index (χ0) is 12.7. The summed E-state index contributed by atoms with van der Waals surface area (Å²) in [7, 11) is 0. The van der Waals surface area contributed by atoms with Crippen molar-refractivity contribution < 1.29 is 0 Å². The van der Waals surface area contributed by atoms with Crippen molar-refractivity contribution in [3.05, 3.63) is 60.8 Å². The average molecular weight is 245 g/mol. The van der Waals surface area contributed by atoms with Crippen LogP contribution < -0.4 is 0 Å². The van der Waals surface area contributed by atoms with Crippen molar-refractivity contribution >= 4 is 21.5 Å². The molecule has 3 nitrogen and oxygen atoms in total. The molecule has 0 saturated heterocycles. The second kappa shape index (κ2) is 3.92. The summed E-state index contributed by atoms with van der Waals surface area (Å²) < 4.78 is 0. The fourth-order valence-electron chi connectivity index (χ4n) is 2.44. The molecule has 0 radical (unpaired) electrons. The first-order valence-corrected chi connectivity index (χ1v) is 6.19. The highest BCUT2D eigenvalue weighted by Crippen LogP contribution is 2.26. The number of aromatic amines is 1. The molecule has 1 heterocycles. The van der Waals surface area contributed by atoms with E-state index in [0.29, 0.717) is 0 Å². The maximum absolute atomic E-state index is 4.12. The van der Waals surface area contributed by atoms with Gasteiger partial charge in [0.2, 0.25) is 0 Å². The number of benzene rings is 3. The van der Waals surface area contributed by atoms with Gasteiger partial charge < -0.3 is 0 Å². The minimum atomic E-state index is 0.870. The molecule has 90 valence electrons. The summed E-state index contributed by atoms with van der Waals surface area (Å²) in [4.78, 5) is 0. The highest BCUT2D eigenvalue weighted by Gasteiger charge is 2.03. The van der Waals surface area contributed by atoms with Crippen LogP contribution in [0.4, 0.5) is 0 Å². The maximum Gasteiger partial charge on any atom is 0.112 e. The molecule has 0 spiro atoms. The van der Waals surface area contributed by atoms with Gasteiger partial charge in [-0.25, -0.2) is 0 Å². The van der Waals surface area contributed by atoms with Crippen LogP contribution in [0, 0.1) is 0 Å². The predicted molar refractivity (Wildman–Crippen MR) is 76.8 cm³/mol. The van der Waals surface area contributed by atoms with Crippen LogP contribution in [0.1, 0.15) is 0 Å². The van der Waals surface area contributed by atoms with Gasteiger partial charge in [0.05, 0.1) is 6.20 Å². The van der Waals surface area contributed by atoms with E-state index in [9.17, 15) is 0 Å². The van der Waals surface area contributed by atoms with E-state index < -0.39 is 0 Å². The normalized spacial score (nSPS) is 11.2. The third kappa shape index (κ3) is 1.67. The second-order valence-corrected chi connectivity index (χ2v) is 4.62. The average Bonchev–Trinajstić information content (AvgIpc) is 2.98. The first-order valence-electron chi connectivity index (χ1n) is 6.19. The minimum absolute atomic E-state index is 0.870. The Kier molecular flexibility index (Phi) is 2.12. The Labute approximate surface area is 109 Å². The van der Waals surface area contributed by atoms with Gasteiger partial charge in [-0.3, -0.25) is 0 Å². The summed E-state index contributed by atoms with van der Waals surface area (Å²) in [6.07, 6.45) is 1.74. The quantitative estimate of drug-likeness (QED) is 0.518. The zero-order valence-corrected chi connectivity index (χ0v) is 10.2. The molecule has 3 heteroatoms. The van der Waals surface area contributed by atoms with E-state index in [1.165, 1.54) is 21.5 Å². The minimum Gasteiger partial charge on any atom is -0.197 e. The summed E-state index contributed by atoms with van der Waals surface area (Å²) in [6, 6.07) is 19.2.